The first-order valence-corrected chi connectivity index (χ1v) is 4.58. The van der Waals surface area contributed by atoms with Gasteiger partial charge in [0.2, 0.25) is 0 Å². The van der Waals surface area contributed by atoms with E-state index in [0.717, 1.165) is 15.9 Å². The second kappa shape index (κ2) is 2.49. The molecule has 0 unspecified atom stereocenters. The SMILES string of the molecule is Cc1nsc2cnc(Br)nc12. The average molecular weight is 230 g/mol. The summed E-state index contributed by atoms with van der Waals surface area (Å²) in [6.07, 6.45) is 1.77. The van der Waals surface area contributed by atoms with Crippen molar-refractivity contribution in [3.63, 3.8) is 0 Å². The van der Waals surface area contributed by atoms with E-state index >= 15 is 0 Å². The normalized spacial score (nSPS) is 10.7. The van der Waals surface area contributed by atoms with Crippen LogP contribution < -0.4 is 0 Å². The van der Waals surface area contributed by atoms with Crippen LogP contribution in [0.4, 0.5) is 0 Å². The maximum absolute atomic E-state index is 4.19. The minimum Gasteiger partial charge on any atom is -0.229 e. The molecule has 2 heterocycles. The van der Waals surface area contributed by atoms with Gasteiger partial charge in [-0.3, -0.25) is 0 Å². The highest BCUT2D eigenvalue weighted by Crippen LogP contribution is 2.19. The molecule has 0 N–H and O–H groups in total. The number of rotatable bonds is 0. The first-order chi connectivity index (χ1) is 5.27. The van der Waals surface area contributed by atoms with Crippen molar-refractivity contribution >= 4 is 37.7 Å². The van der Waals surface area contributed by atoms with E-state index in [1.165, 1.54) is 11.5 Å². The van der Waals surface area contributed by atoms with Crippen LogP contribution in [-0.4, -0.2) is 14.3 Å². The monoisotopic (exact) mass is 229 g/mol. The summed E-state index contributed by atoms with van der Waals surface area (Å²) in [7, 11) is 0. The Morgan fingerprint density at radius 2 is 2.36 bits per heavy atom. The second-order valence-electron chi connectivity index (χ2n) is 2.12. The maximum Gasteiger partial charge on any atom is 0.197 e. The molecule has 2 aromatic heterocycles. The van der Waals surface area contributed by atoms with Crippen molar-refractivity contribution in [2.24, 2.45) is 0 Å². The van der Waals surface area contributed by atoms with E-state index in [-0.39, 0.29) is 0 Å². The molecule has 56 valence electrons. The molecular weight excluding hydrogens is 226 g/mol. The van der Waals surface area contributed by atoms with E-state index in [1.54, 1.807) is 6.20 Å². The zero-order chi connectivity index (χ0) is 7.84. The molecule has 0 amide bonds. The summed E-state index contributed by atoms with van der Waals surface area (Å²) in [4.78, 5) is 8.19. The standard InChI is InChI=1S/C6H4BrN3S/c1-3-5-4(11-10-3)2-8-6(7)9-5/h2H,1H3. The number of hydrogen-bond acceptors (Lipinski definition) is 4. The summed E-state index contributed by atoms with van der Waals surface area (Å²) < 4.78 is 5.81. The number of hydrogen-bond donors (Lipinski definition) is 0. The van der Waals surface area contributed by atoms with Crippen molar-refractivity contribution in [1.82, 2.24) is 14.3 Å². The van der Waals surface area contributed by atoms with Crippen LogP contribution in [0.25, 0.3) is 10.2 Å². The van der Waals surface area contributed by atoms with Crippen LogP contribution in [0.2, 0.25) is 0 Å². The Kier molecular flexibility index (Phi) is 1.61. The summed E-state index contributed by atoms with van der Waals surface area (Å²) in [5.41, 5.74) is 1.91. The van der Waals surface area contributed by atoms with Crippen LogP contribution in [0.1, 0.15) is 5.69 Å². The summed E-state index contributed by atoms with van der Waals surface area (Å²) in [5, 5.41) is 0. The van der Waals surface area contributed by atoms with Crippen molar-refractivity contribution < 1.29 is 0 Å². The van der Waals surface area contributed by atoms with Crippen LogP contribution >= 0.6 is 27.5 Å². The fraction of sp³-hybridized carbons (Fsp3) is 0.167. The van der Waals surface area contributed by atoms with E-state index in [9.17, 15) is 0 Å². The van der Waals surface area contributed by atoms with Crippen LogP contribution in [0.15, 0.2) is 10.9 Å². The van der Waals surface area contributed by atoms with Gasteiger partial charge in [-0.15, -0.1) is 0 Å². The molecule has 11 heavy (non-hydrogen) atoms. The van der Waals surface area contributed by atoms with Gasteiger partial charge in [-0.05, 0) is 34.4 Å². The van der Waals surface area contributed by atoms with Crippen molar-refractivity contribution in [1.29, 1.82) is 0 Å². The van der Waals surface area contributed by atoms with Crippen molar-refractivity contribution in [2.45, 2.75) is 6.92 Å². The summed E-state index contributed by atoms with van der Waals surface area (Å²) >= 11 is 4.63. The molecule has 2 aromatic rings. The minimum absolute atomic E-state index is 0.619. The van der Waals surface area contributed by atoms with Gasteiger partial charge in [0.05, 0.1) is 16.6 Å². The molecule has 0 bridgehead atoms. The molecule has 5 heteroatoms. The molecule has 0 aromatic carbocycles. The Balaban J connectivity index is 2.87. The van der Waals surface area contributed by atoms with Crippen LogP contribution in [0.5, 0.6) is 0 Å². The Morgan fingerprint density at radius 3 is 3.18 bits per heavy atom. The van der Waals surface area contributed by atoms with Crippen molar-refractivity contribution in [3.8, 4) is 0 Å². The Morgan fingerprint density at radius 1 is 1.55 bits per heavy atom. The molecule has 0 saturated heterocycles. The minimum atomic E-state index is 0.619. The lowest BCUT2D eigenvalue weighted by molar-refractivity contribution is 1.15. The zero-order valence-electron chi connectivity index (χ0n) is 5.71. The lowest BCUT2D eigenvalue weighted by Crippen LogP contribution is -1.81. The lowest BCUT2D eigenvalue weighted by atomic mass is 10.4. The van der Waals surface area contributed by atoms with E-state index in [4.69, 9.17) is 0 Å². The third-order valence-corrected chi connectivity index (χ3v) is 2.59. The van der Waals surface area contributed by atoms with Crippen LogP contribution in [-0.2, 0) is 0 Å². The van der Waals surface area contributed by atoms with Crippen LogP contribution in [0, 0.1) is 6.92 Å². The molecule has 0 radical (unpaired) electrons. The Labute approximate surface area is 75.8 Å². The van der Waals surface area contributed by atoms with Gasteiger partial charge < -0.3 is 0 Å². The highest BCUT2D eigenvalue weighted by molar-refractivity contribution is 9.10. The molecule has 0 saturated carbocycles. The molecule has 0 aliphatic heterocycles. The van der Waals surface area contributed by atoms with Gasteiger partial charge in [-0.2, -0.15) is 4.37 Å². The zero-order valence-corrected chi connectivity index (χ0v) is 8.11. The van der Waals surface area contributed by atoms with Crippen LogP contribution in [0.3, 0.4) is 0 Å². The van der Waals surface area contributed by atoms with Crippen molar-refractivity contribution in [3.05, 3.63) is 16.6 Å². The Hall–Kier alpha value is -0.550. The van der Waals surface area contributed by atoms with Gasteiger partial charge in [-0.1, -0.05) is 0 Å². The smallest absolute Gasteiger partial charge is 0.197 e. The second-order valence-corrected chi connectivity index (χ2v) is 3.63. The van der Waals surface area contributed by atoms with Gasteiger partial charge in [0, 0.05) is 0 Å². The van der Waals surface area contributed by atoms with E-state index < -0.39 is 0 Å². The third-order valence-electron chi connectivity index (χ3n) is 1.35. The molecule has 0 aliphatic rings. The van der Waals surface area contributed by atoms with Gasteiger partial charge in [-0.25, -0.2) is 9.97 Å². The largest absolute Gasteiger partial charge is 0.229 e. The summed E-state index contributed by atoms with van der Waals surface area (Å²) in [5.74, 6) is 0. The fourth-order valence-corrected chi connectivity index (χ4v) is 1.82. The quantitative estimate of drug-likeness (QED) is 0.651. The van der Waals surface area contributed by atoms with E-state index in [0.29, 0.717) is 4.73 Å². The summed E-state index contributed by atoms with van der Waals surface area (Å²) in [6, 6.07) is 0. The molecule has 0 aliphatic carbocycles. The van der Waals surface area contributed by atoms with Gasteiger partial charge >= 0.3 is 0 Å². The third kappa shape index (κ3) is 1.14. The molecule has 0 spiro atoms. The van der Waals surface area contributed by atoms with Crippen molar-refractivity contribution in [2.75, 3.05) is 0 Å². The lowest BCUT2D eigenvalue weighted by Gasteiger charge is -1.88. The molecular formula is C6H4BrN3S. The first kappa shape index (κ1) is 7.12. The highest BCUT2D eigenvalue weighted by atomic mass is 79.9. The maximum atomic E-state index is 4.19. The molecule has 0 atom stereocenters. The van der Waals surface area contributed by atoms with E-state index in [2.05, 4.69) is 30.3 Å². The predicted molar refractivity (Wildman–Crippen MR) is 47.6 cm³/mol. The number of aryl methyl sites for hydroxylation is 1. The Bertz CT molecular complexity index is 398. The number of nitrogens with zero attached hydrogens (tertiary/aromatic N) is 3. The number of fused-ring (bicyclic) bond motifs is 1. The average Bonchev–Trinajstić information content (AvgIpc) is 2.33. The first-order valence-electron chi connectivity index (χ1n) is 3.02. The topological polar surface area (TPSA) is 38.7 Å². The van der Waals surface area contributed by atoms with Gasteiger partial charge in [0.1, 0.15) is 5.52 Å². The number of halogens is 1. The molecule has 0 fully saturated rings. The molecule has 3 nitrogen and oxygen atoms in total. The molecule has 2 rings (SSSR count). The summed E-state index contributed by atoms with van der Waals surface area (Å²) in [6.45, 7) is 1.94. The fourth-order valence-electron chi connectivity index (χ4n) is 0.836. The van der Waals surface area contributed by atoms with E-state index in [1.807, 2.05) is 6.92 Å². The van der Waals surface area contributed by atoms with Gasteiger partial charge in [0.25, 0.3) is 0 Å². The predicted octanol–water partition coefficient (Wildman–Crippen LogP) is 2.16. The number of aromatic nitrogens is 3. The van der Waals surface area contributed by atoms with Gasteiger partial charge in [0.15, 0.2) is 4.73 Å². The highest BCUT2D eigenvalue weighted by Gasteiger charge is 2.03.